The van der Waals surface area contributed by atoms with Gasteiger partial charge in [0, 0.05) is 13.2 Å². The lowest BCUT2D eigenvalue weighted by Crippen LogP contribution is -2.39. The van der Waals surface area contributed by atoms with Gasteiger partial charge in [-0.15, -0.1) is 0 Å². The van der Waals surface area contributed by atoms with Gasteiger partial charge in [-0.25, -0.2) is 9.59 Å². The summed E-state index contributed by atoms with van der Waals surface area (Å²) in [6, 6.07) is 2.58. The van der Waals surface area contributed by atoms with Crippen molar-refractivity contribution < 1.29 is 23.8 Å². The van der Waals surface area contributed by atoms with Crippen LogP contribution < -0.4 is 10.6 Å². The van der Waals surface area contributed by atoms with Crippen LogP contribution in [0.15, 0.2) is 16.5 Å². The number of carboxylic acids is 1. The Morgan fingerprint density at radius 2 is 2.20 bits per heavy atom. The molecule has 2 amide bonds. The molecule has 2 rings (SSSR count). The Labute approximate surface area is 116 Å². The first-order valence-corrected chi connectivity index (χ1v) is 6.56. The second kappa shape index (κ2) is 6.95. The lowest BCUT2D eigenvalue weighted by Gasteiger charge is -2.22. The monoisotopic (exact) mass is 282 g/mol. The van der Waals surface area contributed by atoms with Gasteiger partial charge in [0.15, 0.2) is 0 Å². The van der Waals surface area contributed by atoms with Crippen LogP contribution in [0.1, 0.15) is 29.2 Å². The molecular weight excluding hydrogens is 264 g/mol. The van der Waals surface area contributed by atoms with Gasteiger partial charge in [-0.05, 0) is 30.9 Å². The number of rotatable bonds is 5. The Hall–Kier alpha value is -2.02. The van der Waals surface area contributed by atoms with E-state index in [9.17, 15) is 9.59 Å². The van der Waals surface area contributed by atoms with Gasteiger partial charge in [0.1, 0.15) is 5.76 Å². The minimum absolute atomic E-state index is 0.137. The summed E-state index contributed by atoms with van der Waals surface area (Å²) in [6.45, 7) is 2.21. The number of carboxylic acid groups (broad SMARTS) is 1. The van der Waals surface area contributed by atoms with Crippen molar-refractivity contribution in [3.8, 4) is 0 Å². The van der Waals surface area contributed by atoms with E-state index in [1.165, 1.54) is 12.1 Å². The van der Waals surface area contributed by atoms with Crippen molar-refractivity contribution in [2.75, 3.05) is 19.8 Å². The molecular formula is C13H18N2O5. The third kappa shape index (κ3) is 4.27. The third-order valence-electron chi connectivity index (χ3n) is 3.10. The number of ether oxygens (including phenoxy) is 1. The molecule has 7 heteroatoms. The topological polar surface area (TPSA) is 101 Å². The zero-order valence-corrected chi connectivity index (χ0v) is 11.1. The fraction of sp³-hybridized carbons (Fsp3) is 0.538. The first kappa shape index (κ1) is 14.4. The molecule has 7 nitrogen and oxygen atoms in total. The molecule has 1 unspecified atom stereocenters. The molecule has 1 fully saturated rings. The molecule has 110 valence electrons. The molecule has 1 atom stereocenters. The lowest BCUT2D eigenvalue weighted by molar-refractivity contribution is 0.0557. The zero-order valence-electron chi connectivity index (χ0n) is 11.1. The van der Waals surface area contributed by atoms with E-state index in [-0.39, 0.29) is 18.3 Å². The van der Waals surface area contributed by atoms with E-state index in [0.717, 1.165) is 19.4 Å². The Morgan fingerprint density at radius 3 is 2.85 bits per heavy atom. The Morgan fingerprint density at radius 1 is 1.35 bits per heavy atom. The number of hydrogen-bond donors (Lipinski definition) is 3. The molecule has 0 radical (unpaired) electrons. The maximum atomic E-state index is 11.6. The van der Waals surface area contributed by atoms with Crippen molar-refractivity contribution in [3.05, 3.63) is 23.7 Å². The molecule has 0 saturated carbocycles. The molecule has 1 aromatic rings. The molecule has 1 saturated heterocycles. The number of carbonyl (C=O) groups is 2. The molecule has 0 bridgehead atoms. The van der Waals surface area contributed by atoms with Crippen LogP contribution in [0.2, 0.25) is 0 Å². The van der Waals surface area contributed by atoms with Crippen LogP contribution in [0, 0.1) is 5.92 Å². The first-order chi connectivity index (χ1) is 9.65. The van der Waals surface area contributed by atoms with Crippen LogP contribution >= 0.6 is 0 Å². The fourth-order valence-corrected chi connectivity index (χ4v) is 2.02. The Bertz CT molecular complexity index is 465. The zero-order chi connectivity index (χ0) is 14.4. The van der Waals surface area contributed by atoms with Gasteiger partial charge < -0.3 is 24.9 Å². The molecule has 1 aliphatic heterocycles. The molecule has 2 heterocycles. The summed E-state index contributed by atoms with van der Waals surface area (Å²) in [5.74, 6) is -0.505. The smallest absolute Gasteiger partial charge is 0.371 e. The van der Waals surface area contributed by atoms with E-state index in [2.05, 4.69) is 10.6 Å². The number of amides is 2. The van der Waals surface area contributed by atoms with Crippen LogP contribution in [-0.4, -0.2) is 36.9 Å². The molecule has 0 aromatic carbocycles. The normalized spacial score (nSPS) is 18.5. The predicted molar refractivity (Wildman–Crippen MR) is 69.4 cm³/mol. The van der Waals surface area contributed by atoms with Gasteiger partial charge in [-0.2, -0.15) is 0 Å². The molecule has 0 spiro atoms. The van der Waals surface area contributed by atoms with Crippen LogP contribution in [0.5, 0.6) is 0 Å². The Kier molecular flexibility index (Phi) is 5.00. The van der Waals surface area contributed by atoms with E-state index in [0.29, 0.717) is 24.8 Å². The van der Waals surface area contributed by atoms with Gasteiger partial charge >= 0.3 is 12.0 Å². The second-order valence-electron chi connectivity index (χ2n) is 4.72. The molecule has 3 N–H and O–H groups in total. The maximum absolute atomic E-state index is 11.6. The summed E-state index contributed by atoms with van der Waals surface area (Å²) >= 11 is 0. The number of urea groups is 1. The van der Waals surface area contributed by atoms with E-state index < -0.39 is 5.97 Å². The summed E-state index contributed by atoms with van der Waals surface area (Å²) in [5.41, 5.74) is 0. The van der Waals surface area contributed by atoms with Gasteiger partial charge in [-0.3, -0.25) is 0 Å². The standard InChI is InChI=1S/C13H18N2O5/c16-12(17)11-4-3-10(20-11)7-15-13(18)14-6-9-2-1-5-19-8-9/h3-4,9H,1-2,5-8H2,(H,16,17)(H2,14,15,18). The number of carbonyl (C=O) groups excluding carboxylic acids is 1. The van der Waals surface area contributed by atoms with E-state index >= 15 is 0 Å². The lowest BCUT2D eigenvalue weighted by atomic mass is 10.0. The largest absolute Gasteiger partial charge is 0.475 e. The highest BCUT2D eigenvalue weighted by Gasteiger charge is 2.15. The van der Waals surface area contributed by atoms with E-state index in [1.807, 2.05) is 0 Å². The Balaban J connectivity index is 1.67. The number of nitrogens with one attached hydrogen (secondary N) is 2. The van der Waals surface area contributed by atoms with Crippen molar-refractivity contribution in [1.29, 1.82) is 0 Å². The minimum Gasteiger partial charge on any atom is -0.475 e. The van der Waals surface area contributed by atoms with Crippen molar-refractivity contribution in [2.45, 2.75) is 19.4 Å². The van der Waals surface area contributed by atoms with Crippen LogP contribution in [0.25, 0.3) is 0 Å². The number of furan rings is 1. The summed E-state index contributed by atoms with van der Waals surface area (Å²) in [4.78, 5) is 22.2. The first-order valence-electron chi connectivity index (χ1n) is 6.56. The van der Waals surface area contributed by atoms with Gasteiger partial charge in [0.2, 0.25) is 5.76 Å². The van der Waals surface area contributed by atoms with Crippen LogP contribution in [0.3, 0.4) is 0 Å². The van der Waals surface area contributed by atoms with Crippen LogP contribution in [-0.2, 0) is 11.3 Å². The SMILES string of the molecule is O=C(NCc1ccc(C(=O)O)o1)NCC1CCCOC1. The molecule has 0 aliphatic carbocycles. The summed E-state index contributed by atoms with van der Waals surface area (Å²) in [7, 11) is 0. The van der Waals surface area contributed by atoms with Crippen LogP contribution in [0.4, 0.5) is 4.79 Å². The molecule has 1 aromatic heterocycles. The molecule has 1 aliphatic rings. The third-order valence-corrected chi connectivity index (χ3v) is 3.10. The summed E-state index contributed by atoms with van der Waals surface area (Å²) in [6.07, 6.45) is 2.08. The van der Waals surface area contributed by atoms with Gasteiger partial charge in [0.05, 0.1) is 13.2 Å². The average Bonchev–Trinajstić information content (AvgIpc) is 2.93. The van der Waals surface area contributed by atoms with Gasteiger partial charge in [-0.1, -0.05) is 0 Å². The highest BCUT2D eigenvalue weighted by molar-refractivity contribution is 5.84. The highest BCUT2D eigenvalue weighted by atomic mass is 16.5. The summed E-state index contributed by atoms with van der Waals surface area (Å²) < 4.78 is 10.4. The van der Waals surface area contributed by atoms with E-state index in [1.54, 1.807) is 0 Å². The average molecular weight is 282 g/mol. The van der Waals surface area contributed by atoms with Crippen molar-refractivity contribution in [1.82, 2.24) is 10.6 Å². The van der Waals surface area contributed by atoms with Crippen molar-refractivity contribution in [3.63, 3.8) is 0 Å². The molecule has 20 heavy (non-hydrogen) atoms. The van der Waals surface area contributed by atoms with E-state index in [4.69, 9.17) is 14.3 Å². The summed E-state index contributed by atoms with van der Waals surface area (Å²) in [5, 5.41) is 14.1. The van der Waals surface area contributed by atoms with Crippen molar-refractivity contribution >= 4 is 12.0 Å². The number of hydrogen-bond acceptors (Lipinski definition) is 4. The van der Waals surface area contributed by atoms with Gasteiger partial charge in [0.25, 0.3) is 0 Å². The predicted octanol–water partition coefficient (Wildman–Crippen LogP) is 1.20. The highest BCUT2D eigenvalue weighted by Crippen LogP contribution is 2.12. The maximum Gasteiger partial charge on any atom is 0.371 e. The number of aromatic carboxylic acids is 1. The fourth-order valence-electron chi connectivity index (χ4n) is 2.02. The minimum atomic E-state index is -1.13. The quantitative estimate of drug-likeness (QED) is 0.753. The second-order valence-corrected chi connectivity index (χ2v) is 4.72. The van der Waals surface area contributed by atoms with Crippen molar-refractivity contribution in [2.24, 2.45) is 5.92 Å².